The monoisotopic (exact) mass is 479 g/mol. The lowest BCUT2D eigenvalue weighted by Gasteiger charge is -2.15. The molecule has 7 heteroatoms. The van der Waals surface area contributed by atoms with Gasteiger partial charge in [-0.1, -0.05) is 48.5 Å². The van der Waals surface area contributed by atoms with Crippen molar-refractivity contribution in [2.75, 3.05) is 13.2 Å². The number of benzene rings is 3. The van der Waals surface area contributed by atoms with Gasteiger partial charge in [0.1, 0.15) is 25.5 Å². The summed E-state index contributed by atoms with van der Waals surface area (Å²) in [6.45, 7) is 1.22. The second kappa shape index (κ2) is 10.7. The summed E-state index contributed by atoms with van der Waals surface area (Å²) in [5.41, 5.74) is 2.29. The molecule has 0 unspecified atom stereocenters. The molecule has 0 saturated carbocycles. The van der Waals surface area contributed by atoms with Gasteiger partial charge in [0.15, 0.2) is 5.43 Å². The van der Waals surface area contributed by atoms with Crippen LogP contribution in [0.1, 0.15) is 5.56 Å². The van der Waals surface area contributed by atoms with Crippen molar-refractivity contribution in [1.29, 1.82) is 0 Å². The quantitative estimate of drug-likeness (QED) is 0.251. The number of hydrogen-bond donors (Lipinski definition) is 1. The number of ether oxygens (including phenoxy) is 2. The summed E-state index contributed by atoms with van der Waals surface area (Å²) >= 11 is 0. The highest BCUT2D eigenvalue weighted by Gasteiger charge is 2.12. The maximum Gasteiger partial charge on any atom is 0.240 e. The Hall–Kier alpha value is -4.65. The fourth-order valence-corrected chi connectivity index (χ4v) is 4.07. The molecule has 3 aromatic carbocycles. The molecule has 0 aliphatic heterocycles. The molecule has 2 aromatic heterocycles. The number of para-hydroxylation sites is 3. The van der Waals surface area contributed by atoms with Crippen LogP contribution in [0.3, 0.4) is 0 Å². The molecule has 0 atom stereocenters. The number of hydrogen-bond acceptors (Lipinski definition) is 5. The first kappa shape index (κ1) is 23.1. The van der Waals surface area contributed by atoms with E-state index in [0.717, 1.165) is 22.3 Å². The van der Waals surface area contributed by atoms with Crippen molar-refractivity contribution in [3.05, 3.63) is 113 Å². The van der Waals surface area contributed by atoms with E-state index in [4.69, 9.17) is 9.47 Å². The summed E-state index contributed by atoms with van der Waals surface area (Å²) in [7, 11) is 0. The number of nitrogens with zero attached hydrogens (tertiary/aromatic N) is 2. The smallest absolute Gasteiger partial charge is 0.240 e. The molecular formula is C29H25N3O4. The third-order valence-electron chi connectivity index (χ3n) is 5.81. The van der Waals surface area contributed by atoms with Crippen molar-refractivity contribution >= 4 is 27.7 Å². The number of nitrogens with one attached hydrogen (secondary N) is 1. The molecule has 0 bridgehead atoms. The molecule has 0 radical (unpaired) electrons. The molecule has 0 fully saturated rings. The van der Waals surface area contributed by atoms with Gasteiger partial charge in [0, 0.05) is 29.6 Å². The van der Waals surface area contributed by atoms with Crippen LogP contribution in [0.15, 0.2) is 102 Å². The lowest BCUT2D eigenvalue weighted by molar-refractivity contribution is -0.121. The van der Waals surface area contributed by atoms with Crippen molar-refractivity contribution in [1.82, 2.24) is 14.9 Å². The summed E-state index contributed by atoms with van der Waals surface area (Å²) in [6.07, 6.45) is 1.68. The summed E-state index contributed by atoms with van der Waals surface area (Å²) in [6, 6.07) is 27.9. The third kappa shape index (κ3) is 5.20. The molecule has 7 nitrogen and oxygen atoms in total. The van der Waals surface area contributed by atoms with Crippen LogP contribution in [0.5, 0.6) is 11.6 Å². The van der Waals surface area contributed by atoms with Gasteiger partial charge in [-0.15, -0.1) is 0 Å². The van der Waals surface area contributed by atoms with Crippen LogP contribution < -0.4 is 20.2 Å². The Morgan fingerprint density at radius 1 is 0.778 bits per heavy atom. The average molecular weight is 480 g/mol. The SMILES string of the molecule is O=C(Cn1c2ccccc2c(=O)c2ccccc21)NCc1ccc(OCCOc2ccccc2)nc1. The van der Waals surface area contributed by atoms with E-state index in [9.17, 15) is 9.59 Å². The maximum absolute atomic E-state index is 12.9. The van der Waals surface area contributed by atoms with Gasteiger partial charge in [0.05, 0.1) is 11.0 Å². The van der Waals surface area contributed by atoms with E-state index >= 15 is 0 Å². The zero-order valence-corrected chi connectivity index (χ0v) is 19.6. The number of amides is 1. The van der Waals surface area contributed by atoms with E-state index in [1.807, 2.05) is 77.4 Å². The van der Waals surface area contributed by atoms with Gasteiger partial charge in [-0.2, -0.15) is 0 Å². The lowest BCUT2D eigenvalue weighted by atomic mass is 10.1. The van der Waals surface area contributed by atoms with Crippen LogP contribution in [-0.2, 0) is 17.9 Å². The number of carbonyl (C=O) groups is 1. The third-order valence-corrected chi connectivity index (χ3v) is 5.81. The highest BCUT2D eigenvalue weighted by molar-refractivity contribution is 5.94. The van der Waals surface area contributed by atoms with E-state index < -0.39 is 0 Å². The number of aromatic nitrogens is 2. The van der Waals surface area contributed by atoms with Crippen molar-refractivity contribution in [2.24, 2.45) is 0 Å². The first-order valence-electron chi connectivity index (χ1n) is 11.7. The summed E-state index contributed by atoms with van der Waals surface area (Å²) in [5, 5.41) is 4.13. The number of pyridine rings is 2. The Morgan fingerprint density at radius 2 is 1.42 bits per heavy atom. The first-order chi connectivity index (χ1) is 17.7. The van der Waals surface area contributed by atoms with Crippen molar-refractivity contribution in [3.8, 4) is 11.6 Å². The van der Waals surface area contributed by atoms with Gasteiger partial charge in [-0.25, -0.2) is 4.98 Å². The number of carbonyl (C=O) groups excluding carboxylic acids is 1. The number of rotatable bonds is 9. The molecule has 36 heavy (non-hydrogen) atoms. The molecule has 5 aromatic rings. The minimum absolute atomic E-state index is 0.0298. The number of fused-ring (bicyclic) bond motifs is 2. The highest BCUT2D eigenvalue weighted by atomic mass is 16.5. The summed E-state index contributed by atoms with van der Waals surface area (Å²) in [5.74, 6) is 1.13. The Labute approximate surface area is 207 Å². The molecule has 180 valence electrons. The Bertz CT molecular complexity index is 1490. The average Bonchev–Trinajstić information content (AvgIpc) is 2.93. The van der Waals surface area contributed by atoms with Gasteiger partial charge in [-0.05, 0) is 42.0 Å². The molecule has 0 spiro atoms. The zero-order chi connectivity index (χ0) is 24.7. The molecule has 1 N–H and O–H groups in total. The Morgan fingerprint density at radius 3 is 2.08 bits per heavy atom. The standard InChI is InChI=1S/C29H25N3O4/c33-27(20-32-25-12-6-4-10-23(25)29(34)24-11-5-7-13-26(24)32)30-18-21-14-15-28(31-19-21)36-17-16-35-22-8-2-1-3-9-22/h1-15,19H,16-18,20H2,(H,30,33). The fraction of sp³-hybridized carbons (Fsp3) is 0.138. The first-order valence-corrected chi connectivity index (χ1v) is 11.7. The molecule has 5 rings (SSSR count). The van der Waals surface area contributed by atoms with Crippen LogP contribution in [0, 0.1) is 0 Å². The van der Waals surface area contributed by atoms with Crippen LogP contribution in [-0.4, -0.2) is 28.7 Å². The van der Waals surface area contributed by atoms with Crippen LogP contribution in [0.4, 0.5) is 0 Å². The largest absolute Gasteiger partial charge is 0.490 e. The fourth-order valence-electron chi connectivity index (χ4n) is 4.07. The highest BCUT2D eigenvalue weighted by Crippen LogP contribution is 2.19. The summed E-state index contributed by atoms with van der Waals surface area (Å²) < 4.78 is 13.1. The van der Waals surface area contributed by atoms with Gasteiger partial charge in [0.2, 0.25) is 11.8 Å². The Balaban J connectivity index is 1.19. The van der Waals surface area contributed by atoms with Crippen molar-refractivity contribution in [2.45, 2.75) is 13.1 Å². The van der Waals surface area contributed by atoms with E-state index in [2.05, 4.69) is 10.3 Å². The van der Waals surface area contributed by atoms with E-state index in [-0.39, 0.29) is 17.9 Å². The van der Waals surface area contributed by atoms with Crippen LogP contribution in [0.2, 0.25) is 0 Å². The molecular weight excluding hydrogens is 454 g/mol. The molecule has 0 aliphatic carbocycles. The van der Waals surface area contributed by atoms with Crippen LogP contribution >= 0.6 is 0 Å². The van der Waals surface area contributed by atoms with Crippen LogP contribution in [0.25, 0.3) is 21.8 Å². The maximum atomic E-state index is 12.9. The molecule has 0 aliphatic rings. The summed E-state index contributed by atoms with van der Waals surface area (Å²) in [4.78, 5) is 30.0. The minimum Gasteiger partial charge on any atom is -0.490 e. The normalized spacial score (nSPS) is 10.9. The van der Waals surface area contributed by atoms with E-state index in [0.29, 0.717) is 36.4 Å². The second-order valence-corrected chi connectivity index (χ2v) is 8.24. The lowest BCUT2D eigenvalue weighted by Crippen LogP contribution is -2.28. The molecule has 1 amide bonds. The van der Waals surface area contributed by atoms with Crippen molar-refractivity contribution < 1.29 is 14.3 Å². The molecule has 0 saturated heterocycles. The van der Waals surface area contributed by atoms with Gasteiger partial charge in [0.25, 0.3) is 0 Å². The van der Waals surface area contributed by atoms with E-state index in [1.54, 1.807) is 24.4 Å². The molecule has 2 heterocycles. The minimum atomic E-state index is -0.160. The predicted octanol–water partition coefficient (Wildman–Crippen LogP) is 4.32. The Kier molecular flexibility index (Phi) is 6.89. The predicted molar refractivity (Wildman–Crippen MR) is 139 cm³/mol. The van der Waals surface area contributed by atoms with Gasteiger partial charge in [-0.3, -0.25) is 9.59 Å². The van der Waals surface area contributed by atoms with Gasteiger partial charge < -0.3 is 19.4 Å². The topological polar surface area (TPSA) is 82.5 Å². The zero-order valence-electron chi connectivity index (χ0n) is 19.6. The van der Waals surface area contributed by atoms with Gasteiger partial charge >= 0.3 is 0 Å². The second-order valence-electron chi connectivity index (χ2n) is 8.24. The van der Waals surface area contributed by atoms with E-state index in [1.165, 1.54) is 0 Å². The van der Waals surface area contributed by atoms with Crippen molar-refractivity contribution in [3.63, 3.8) is 0 Å².